The van der Waals surface area contributed by atoms with Crippen molar-refractivity contribution in [3.8, 4) is 0 Å². The van der Waals surface area contributed by atoms with Crippen LogP contribution in [-0.4, -0.2) is 48.3 Å². The van der Waals surface area contributed by atoms with Gasteiger partial charge >= 0.3 is 17.6 Å². The highest BCUT2D eigenvalue weighted by atomic mass is 32.2. The van der Waals surface area contributed by atoms with Crippen LogP contribution in [0, 0.1) is 5.92 Å². The second kappa shape index (κ2) is 9.90. The van der Waals surface area contributed by atoms with E-state index in [-0.39, 0.29) is 35.4 Å². The van der Waals surface area contributed by atoms with Crippen LogP contribution in [0.3, 0.4) is 0 Å². The summed E-state index contributed by atoms with van der Waals surface area (Å²) in [6.07, 6.45) is -5.61. The molecule has 0 aliphatic carbocycles. The Hall–Kier alpha value is -2.05. The predicted octanol–water partition coefficient (Wildman–Crippen LogP) is 5.46. The van der Waals surface area contributed by atoms with E-state index in [9.17, 15) is 31.1 Å². The van der Waals surface area contributed by atoms with Crippen LogP contribution >= 0.6 is 11.8 Å². The maximum atomic E-state index is 13.4. The van der Waals surface area contributed by atoms with Gasteiger partial charge in [0.1, 0.15) is 5.84 Å². The molecule has 2 fully saturated rings. The van der Waals surface area contributed by atoms with E-state index in [1.807, 2.05) is 11.0 Å². The SMILES string of the molecule is O=C1N=C(NC2CCOC2)C(=CC2CCN(Cc3ccc(C(F)(F)F)cc3C(F)(F)F)CC2)S1. The number of alkyl halides is 6. The van der Waals surface area contributed by atoms with Crippen molar-refractivity contribution in [2.24, 2.45) is 10.9 Å². The third-order valence-electron chi connectivity index (χ3n) is 6.06. The van der Waals surface area contributed by atoms with Crippen LogP contribution < -0.4 is 5.32 Å². The fraction of sp³-hybridized carbons (Fsp3) is 0.545. The van der Waals surface area contributed by atoms with Gasteiger partial charge in [-0.3, -0.25) is 9.69 Å². The minimum Gasteiger partial charge on any atom is -0.379 e. The van der Waals surface area contributed by atoms with Crippen molar-refractivity contribution in [3.05, 3.63) is 45.9 Å². The number of ether oxygens (including phenoxy) is 1. The summed E-state index contributed by atoms with van der Waals surface area (Å²) in [7, 11) is 0. The highest BCUT2D eigenvalue weighted by molar-refractivity contribution is 8.18. The van der Waals surface area contributed by atoms with Crippen LogP contribution in [0.4, 0.5) is 31.1 Å². The minimum absolute atomic E-state index is 0.0839. The number of amides is 1. The molecule has 1 unspecified atom stereocenters. The van der Waals surface area contributed by atoms with Gasteiger partial charge in [0.15, 0.2) is 0 Å². The second-order valence-corrected chi connectivity index (χ2v) is 9.54. The number of aliphatic imine (C=N–C) groups is 1. The number of benzene rings is 1. The molecule has 186 valence electrons. The quantitative estimate of drug-likeness (QED) is 0.549. The fourth-order valence-corrected chi connectivity index (χ4v) is 5.04. The Balaban J connectivity index is 1.39. The van der Waals surface area contributed by atoms with Crippen LogP contribution in [0.15, 0.2) is 34.2 Å². The Morgan fingerprint density at radius 2 is 1.85 bits per heavy atom. The Kier molecular flexibility index (Phi) is 7.30. The molecule has 0 radical (unpaired) electrons. The second-order valence-electron chi connectivity index (χ2n) is 8.55. The molecule has 0 aromatic heterocycles. The van der Waals surface area contributed by atoms with E-state index in [4.69, 9.17) is 4.74 Å². The van der Waals surface area contributed by atoms with Crippen LogP contribution in [-0.2, 0) is 23.6 Å². The fourth-order valence-electron chi connectivity index (χ4n) is 4.26. The highest BCUT2D eigenvalue weighted by Gasteiger charge is 2.38. The standard InChI is InChI=1S/C22H23F6N3O2S/c23-21(24,25)15-2-1-14(17(10-15)22(26,27)28)11-31-6-3-13(4-7-31)9-18-19(30-20(32)34-18)29-16-5-8-33-12-16/h1-2,9-10,13,16H,3-8,11-12H2,(H,29,30,32). The first-order chi connectivity index (χ1) is 16.0. The van der Waals surface area contributed by atoms with Gasteiger partial charge in [0.25, 0.3) is 0 Å². The van der Waals surface area contributed by atoms with Gasteiger partial charge in [-0.25, -0.2) is 0 Å². The van der Waals surface area contributed by atoms with E-state index in [1.54, 1.807) is 0 Å². The number of nitrogens with zero attached hydrogens (tertiary/aromatic N) is 2. The number of carbonyl (C=O) groups excluding carboxylic acids is 1. The molecule has 2 saturated heterocycles. The number of amidine groups is 1. The molecule has 3 aliphatic heterocycles. The summed E-state index contributed by atoms with van der Waals surface area (Å²) in [4.78, 5) is 18.4. The first kappa shape index (κ1) is 25.1. The zero-order chi connectivity index (χ0) is 24.5. The van der Waals surface area contributed by atoms with Crippen molar-refractivity contribution in [3.63, 3.8) is 0 Å². The van der Waals surface area contributed by atoms with E-state index < -0.39 is 23.5 Å². The molecule has 1 aromatic rings. The molecule has 4 rings (SSSR count). The number of nitrogens with one attached hydrogen (secondary N) is 1. The summed E-state index contributed by atoms with van der Waals surface area (Å²) in [6, 6.07) is 1.90. The molecular weight excluding hydrogens is 484 g/mol. The average molecular weight is 508 g/mol. The molecule has 3 heterocycles. The monoisotopic (exact) mass is 507 g/mol. The van der Waals surface area contributed by atoms with Gasteiger partial charge in [0.2, 0.25) is 0 Å². The number of hydrogen-bond acceptors (Lipinski definition) is 5. The molecule has 0 saturated carbocycles. The topological polar surface area (TPSA) is 53.9 Å². The summed E-state index contributed by atoms with van der Waals surface area (Å²) in [6.45, 7) is 2.09. The van der Waals surface area contributed by atoms with Crippen molar-refractivity contribution in [1.82, 2.24) is 10.2 Å². The van der Waals surface area contributed by atoms with Gasteiger partial charge in [-0.05, 0) is 67.7 Å². The molecule has 1 atom stereocenters. The van der Waals surface area contributed by atoms with E-state index in [0.29, 0.717) is 51.0 Å². The van der Waals surface area contributed by atoms with E-state index in [1.165, 1.54) is 0 Å². The van der Waals surface area contributed by atoms with Gasteiger partial charge in [0, 0.05) is 13.2 Å². The summed E-state index contributed by atoms with van der Waals surface area (Å²) < 4.78 is 84.3. The van der Waals surface area contributed by atoms with E-state index in [2.05, 4.69) is 10.3 Å². The van der Waals surface area contributed by atoms with Crippen LogP contribution in [0.2, 0.25) is 0 Å². The zero-order valence-electron chi connectivity index (χ0n) is 18.0. The number of carbonyl (C=O) groups is 1. The summed E-state index contributed by atoms with van der Waals surface area (Å²) >= 11 is 1.05. The van der Waals surface area contributed by atoms with Crippen molar-refractivity contribution in [2.75, 3.05) is 26.3 Å². The van der Waals surface area contributed by atoms with Crippen LogP contribution in [0.1, 0.15) is 36.0 Å². The molecule has 3 aliphatic rings. The van der Waals surface area contributed by atoms with E-state index in [0.717, 1.165) is 29.2 Å². The van der Waals surface area contributed by atoms with Gasteiger partial charge in [0.05, 0.1) is 28.7 Å². The Morgan fingerprint density at radius 3 is 2.47 bits per heavy atom. The molecule has 5 nitrogen and oxygen atoms in total. The van der Waals surface area contributed by atoms with Crippen LogP contribution in [0.5, 0.6) is 0 Å². The summed E-state index contributed by atoms with van der Waals surface area (Å²) in [5.41, 5.74) is -2.74. The number of piperidine rings is 1. The van der Waals surface area contributed by atoms with E-state index >= 15 is 0 Å². The van der Waals surface area contributed by atoms with Gasteiger partial charge < -0.3 is 10.1 Å². The molecule has 0 spiro atoms. The minimum atomic E-state index is -4.88. The third-order valence-corrected chi connectivity index (χ3v) is 6.88. The molecule has 12 heteroatoms. The summed E-state index contributed by atoms with van der Waals surface area (Å²) in [5.74, 6) is 0.652. The molecule has 1 amide bonds. The smallest absolute Gasteiger partial charge is 0.379 e. The highest BCUT2D eigenvalue weighted by Crippen LogP contribution is 2.38. The lowest BCUT2D eigenvalue weighted by Gasteiger charge is -2.31. The van der Waals surface area contributed by atoms with Gasteiger partial charge in [-0.15, -0.1) is 0 Å². The third kappa shape index (κ3) is 6.14. The van der Waals surface area contributed by atoms with Gasteiger partial charge in [-0.1, -0.05) is 12.1 Å². The van der Waals surface area contributed by atoms with Crippen LogP contribution in [0.25, 0.3) is 0 Å². The van der Waals surface area contributed by atoms with Crippen molar-refractivity contribution in [1.29, 1.82) is 0 Å². The largest absolute Gasteiger partial charge is 0.416 e. The molecular formula is C22H23F6N3O2S. The molecule has 1 N–H and O–H groups in total. The Morgan fingerprint density at radius 1 is 1.12 bits per heavy atom. The summed E-state index contributed by atoms with van der Waals surface area (Å²) in [5, 5.41) is 2.94. The normalized spacial score (nSPS) is 24.2. The number of thioether (sulfide) groups is 1. The maximum Gasteiger partial charge on any atom is 0.416 e. The number of hydrogen-bond donors (Lipinski definition) is 1. The number of rotatable bonds is 4. The lowest BCUT2D eigenvalue weighted by Crippen LogP contribution is -2.35. The molecule has 34 heavy (non-hydrogen) atoms. The Bertz CT molecular complexity index is 978. The lowest BCUT2D eigenvalue weighted by atomic mass is 9.95. The average Bonchev–Trinajstić information content (AvgIpc) is 3.38. The van der Waals surface area contributed by atoms with Crippen molar-refractivity contribution >= 4 is 22.8 Å². The van der Waals surface area contributed by atoms with Crippen molar-refractivity contribution < 1.29 is 35.9 Å². The lowest BCUT2D eigenvalue weighted by molar-refractivity contribution is -0.143. The predicted molar refractivity (Wildman–Crippen MR) is 115 cm³/mol. The first-order valence-electron chi connectivity index (χ1n) is 10.9. The van der Waals surface area contributed by atoms with Crippen molar-refractivity contribution in [2.45, 2.75) is 44.2 Å². The number of allylic oxidation sites excluding steroid dienone is 1. The number of likely N-dealkylation sites (tertiary alicyclic amines) is 1. The molecule has 1 aromatic carbocycles. The Labute approximate surface area is 196 Å². The maximum absolute atomic E-state index is 13.4. The number of halogens is 6. The van der Waals surface area contributed by atoms with Gasteiger partial charge in [-0.2, -0.15) is 31.3 Å². The first-order valence-corrected chi connectivity index (χ1v) is 11.7. The zero-order valence-corrected chi connectivity index (χ0v) is 18.8. The molecule has 0 bridgehead atoms.